The van der Waals surface area contributed by atoms with Crippen LogP contribution >= 0.6 is 0 Å². The van der Waals surface area contributed by atoms with E-state index in [0.717, 1.165) is 0 Å². The van der Waals surface area contributed by atoms with Gasteiger partial charge in [-0.05, 0) is 24.6 Å². The molecular formula is C11H16FN3O. The lowest BCUT2D eigenvalue weighted by atomic mass is 10.1. The predicted molar refractivity (Wildman–Crippen MR) is 60.1 cm³/mol. The molecule has 1 atom stereocenters. The lowest BCUT2D eigenvalue weighted by molar-refractivity contribution is -0.119. The first-order valence-corrected chi connectivity index (χ1v) is 5.10. The third-order valence-electron chi connectivity index (χ3n) is 2.26. The average Bonchev–Trinajstić information content (AvgIpc) is 2.26. The van der Waals surface area contributed by atoms with Crippen molar-refractivity contribution >= 4 is 5.91 Å². The maximum absolute atomic E-state index is 13.2. The molecular weight excluding hydrogens is 209 g/mol. The van der Waals surface area contributed by atoms with E-state index in [9.17, 15) is 9.18 Å². The van der Waals surface area contributed by atoms with Crippen LogP contribution in [0.3, 0.4) is 0 Å². The molecule has 0 fully saturated rings. The first kappa shape index (κ1) is 12.6. The van der Waals surface area contributed by atoms with Crippen LogP contribution in [0.5, 0.6) is 0 Å². The Bertz CT molecular complexity index is 357. The molecule has 0 aliphatic heterocycles. The molecule has 5 heteroatoms. The number of nitrogens with two attached hydrogens (primary N) is 2. The van der Waals surface area contributed by atoms with Gasteiger partial charge in [-0.15, -0.1) is 0 Å². The molecule has 0 bridgehead atoms. The molecule has 5 N–H and O–H groups in total. The molecule has 0 aromatic heterocycles. The molecule has 0 saturated carbocycles. The molecule has 88 valence electrons. The van der Waals surface area contributed by atoms with Crippen molar-refractivity contribution in [2.45, 2.75) is 12.5 Å². The van der Waals surface area contributed by atoms with Crippen LogP contribution in [0.15, 0.2) is 24.3 Å². The summed E-state index contributed by atoms with van der Waals surface area (Å²) in [5.74, 6) is -0.762. The summed E-state index contributed by atoms with van der Waals surface area (Å²) in [5, 5.41) is 2.95. The van der Waals surface area contributed by atoms with Crippen LogP contribution in [0.25, 0.3) is 0 Å². The summed E-state index contributed by atoms with van der Waals surface area (Å²) in [5.41, 5.74) is 11.0. The highest BCUT2D eigenvalue weighted by Gasteiger charge is 2.07. The predicted octanol–water partition coefficient (Wildman–Crippen LogP) is -0.230. The van der Waals surface area contributed by atoms with Gasteiger partial charge in [-0.2, -0.15) is 0 Å². The molecule has 0 aliphatic rings. The number of carbonyl (C=O) groups is 1. The van der Waals surface area contributed by atoms with Gasteiger partial charge in [0.1, 0.15) is 5.82 Å². The van der Waals surface area contributed by atoms with E-state index in [1.54, 1.807) is 18.2 Å². The Labute approximate surface area is 93.8 Å². The van der Waals surface area contributed by atoms with Crippen LogP contribution in [-0.2, 0) is 11.2 Å². The Kier molecular flexibility index (Phi) is 4.88. The highest BCUT2D eigenvalue weighted by molar-refractivity contribution is 5.79. The van der Waals surface area contributed by atoms with E-state index in [0.29, 0.717) is 25.1 Å². The molecule has 0 radical (unpaired) electrons. The monoisotopic (exact) mass is 225 g/mol. The van der Waals surface area contributed by atoms with Crippen molar-refractivity contribution in [1.82, 2.24) is 5.32 Å². The van der Waals surface area contributed by atoms with E-state index in [4.69, 9.17) is 11.5 Å². The van der Waals surface area contributed by atoms with Gasteiger partial charge in [-0.3, -0.25) is 4.79 Å². The molecule has 1 amide bonds. The van der Waals surface area contributed by atoms with Gasteiger partial charge in [0.05, 0.1) is 6.04 Å². The fraction of sp³-hybridized carbons (Fsp3) is 0.364. The number of nitrogens with one attached hydrogen (secondary N) is 1. The first-order chi connectivity index (χ1) is 7.61. The minimum Gasteiger partial charge on any atom is -0.368 e. The third kappa shape index (κ3) is 3.96. The van der Waals surface area contributed by atoms with E-state index in [-0.39, 0.29) is 5.82 Å². The van der Waals surface area contributed by atoms with Crippen molar-refractivity contribution in [1.29, 1.82) is 0 Å². The first-order valence-electron chi connectivity index (χ1n) is 5.10. The highest BCUT2D eigenvalue weighted by atomic mass is 19.1. The number of rotatable bonds is 6. The molecule has 1 unspecified atom stereocenters. The van der Waals surface area contributed by atoms with Gasteiger partial charge < -0.3 is 16.8 Å². The van der Waals surface area contributed by atoms with Crippen molar-refractivity contribution in [2.24, 2.45) is 11.5 Å². The smallest absolute Gasteiger partial charge is 0.235 e. The normalized spacial score (nSPS) is 12.4. The zero-order valence-corrected chi connectivity index (χ0v) is 8.95. The van der Waals surface area contributed by atoms with Gasteiger partial charge in [-0.25, -0.2) is 4.39 Å². The maximum Gasteiger partial charge on any atom is 0.235 e. The standard InChI is InChI=1S/C11H16FN3O/c12-9-4-2-1-3-8(9)5-6-15-7-10(13)11(14)16/h1-4,10,15H,5-7,13H2,(H2,14,16). The summed E-state index contributed by atoms with van der Waals surface area (Å²) < 4.78 is 13.2. The number of hydrogen-bond donors (Lipinski definition) is 3. The van der Waals surface area contributed by atoms with Crippen LogP contribution in [-0.4, -0.2) is 25.0 Å². The lowest BCUT2D eigenvalue weighted by Crippen LogP contribution is -2.44. The van der Waals surface area contributed by atoms with Crippen molar-refractivity contribution in [2.75, 3.05) is 13.1 Å². The van der Waals surface area contributed by atoms with Crippen LogP contribution in [0.2, 0.25) is 0 Å². The van der Waals surface area contributed by atoms with Crippen LogP contribution in [0, 0.1) is 5.82 Å². The summed E-state index contributed by atoms with van der Waals surface area (Å²) in [6.07, 6.45) is 0.554. The van der Waals surface area contributed by atoms with Gasteiger partial charge in [-0.1, -0.05) is 18.2 Å². The average molecular weight is 225 g/mol. The Hall–Kier alpha value is -1.46. The number of hydrogen-bond acceptors (Lipinski definition) is 3. The molecule has 1 aromatic rings. The number of amides is 1. The Morgan fingerprint density at radius 2 is 2.12 bits per heavy atom. The zero-order chi connectivity index (χ0) is 12.0. The minimum atomic E-state index is -0.694. The summed E-state index contributed by atoms with van der Waals surface area (Å²) in [7, 11) is 0. The zero-order valence-electron chi connectivity index (χ0n) is 8.95. The van der Waals surface area contributed by atoms with Gasteiger partial charge in [0, 0.05) is 6.54 Å². The third-order valence-corrected chi connectivity index (χ3v) is 2.26. The van der Waals surface area contributed by atoms with Crippen molar-refractivity contribution in [3.63, 3.8) is 0 Å². The van der Waals surface area contributed by atoms with Crippen molar-refractivity contribution < 1.29 is 9.18 Å². The molecule has 16 heavy (non-hydrogen) atoms. The molecule has 1 rings (SSSR count). The molecule has 0 aliphatic carbocycles. The van der Waals surface area contributed by atoms with Gasteiger partial charge in [0.2, 0.25) is 5.91 Å². The van der Waals surface area contributed by atoms with E-state index in [1.165, 1.54) is 6.07 Å². The minimum absolute atomic E-state index is 0.219. The topological polar surface area (TPSA) is 81.1 Å². The van der Waals surface area contributed by atoms with Gasteiger partial charge in [0.25, 0.3) is 0 Å². The van der Waals surface area contributed by atoms with Gasteiger partial charge >= 0.3 is 0 Å². The number of halogens is 1. The van der Waals surface area contributed by atoms with E-state index in [2.05, 4.69) is 5.32 Å². The number of primary amides is 1. The second-order valence-corrected chi connectivity index (χ2v) is 3.55. The van der Waals surface area contributed by atoms with Crippen molar-refractivity contribution in [3.8, 4) is 0 Å². The van der Waals surface area contributed by atoms with E-state index >= 15 is 0 Å². The summed E-state index contributed by atoms with van der Waals surface area (Å²) in [4.78, 5) is 10.6. The fourth-order valence-electron chi connectivity index (χ4n) is 1.28. The molecule has 0 spiro atoms. The second kappa shape index (κ2) is 6.19. The summed E-state index contributed by atoms with van der Waals surface area (Å²) in [6.45, 7) is 0.867. The Morgan fingerprint density at radius 3 is 2.75 bits per heavy atom. The number of benzene rings is 1. The fourth-order valence-corrected chi connectivity index (χ4v) is 1.28. The van der Waals surface area contributed by atoms with Gasteiger partial charge in [0.15, 0.2) is 0 Å². The van der Waals surface area contributed by atoms with Crippen LogP contribution in [0.1, 0.15) is 5.56 Å². The second-order valence-electron chi connectivity index (χ2n) is 3.55. The van der Waals surface area contributed by atoms with Crippen LogP contribution in [0.4, 0.5) is 4.39 Å². The lowest BCUT2D eigenvalue weighted by Gasteiger charge is -2.09. The Balaban J connectivity index is 2.26. The van der Waals surface area contributed by atoms with Crippen LogP contribution < -0.4 is 16.8 Å². The molecule has 1 aromatic carbocycles. The molecule has 0 saturated heterocycles. The summed E-state index contributed by atoms with van der Waals surface area (Å²) >= 11 is 0. The maximum atomic E-state index is 13.2. The number of carbonyl (C=O) groups excluding carboxylic acids is 1. The summed E-state index contributed by atoms with van der Waals surface area (Å²) in [6, 6.07) is 5.89. The van der Waals surface area contributed by atoms with E-state index in [1.807, 2.05) is 0 Å². The molecule has 0 heterocycles. The molecule has 4 nitrogen and oxygen atoms in total. The quantitative estimate of drug-likeness (QED) is 0.585. The van der Waals surface area contributed by atoms with Crippen molar-refractivity contribution in [3.05, 3.63) is 35.6 Å². The SMILES string of the molecule is NC(=O)C(N)CNCCc1ccccc1F. The Morgan fingerprint density at radius 1 is 1.44 bits per heavy atom. The highest BCUT2D eigenvalue weighted by Crippen LogP contribution is 2.05. The largest absolute Gasteiger partial charge is 0.368 e. The van der Waals surface area contributed by atoms with E-state index < -0.39 is 11.9 Å².